The highest BCUT2D eigenvalue weighted by molar-refractivity contribution is 7.88. The van der Waals surface area contributed by atoms with Crippen LogP contribution in [0, 0.1) is 0 Å². The van der Waals surface area contributed by atoms with Crippen molar-refractivity contribution in [2.45, 2.75) is 56.3 Å². The first-order valence-corrected chi connectivity index (χ1v) is 13.4. The van der Waals surface area contributed by atoms with Gasteiger partial charge in [0.15, 0.2) is 0 Å². The second-order valence-corrected chi connectivity index (χ2v) is 11.6. The molecule has 0 spiro atoms. The van der Waals surface area contributed by atoms with E-state index in [0.717, 1.165) is 31.4 Å². The van der Waals surface area contributed by atoms with Gasteiger partial charge in [-0.3, -0.25) is 9.69 Å². The van der Waals surface area contributed by atoms with Gasteiger partial charge in [-0.2, -0.15) is 4.31 Å². The third kappa shape index (κ3) is 5.37. The lowest BCUT2D eigenvalue weighted by Gasteiger charge is -2.53. The maximum atomic E-state index is 13.4. The van der Waals surface area contributed by atoms with Gasteiger partial charge in [0, 0.05) is 38.3 Å². The summed E-state index contributed by atoms with van der Waals surface area (Å²) >= 11 is 12.1. The number of fused-ring (bicyclic) bond motifs is 1. The van der Waals surface area contributed by atoms with Gasteiger partial charge in [-0.05, 0) is 37.0 Å². The average Bonchev–Trinajstić information content (AvgIpc) is 3.14. The molecule has 7 nitrogen and oxygen atoms in total. The van der Waals surface area contributed by atoms with Crippen LogP contribution >= 0.6 is 35.6 Å². The molecule has 180 valence electrons. The van der Waals surface area contributed by atoms with Crippen molar-refractivity contribution in [3.63, 3.8) is 0 Å². The minimum absolute atomic E-state index is 0. The second-order valence-electron chi connectivity index (χ2n) is 8.88. The Labute approximate surface area is 206 Å². The molecule has 0 unspecified atom stereocenters. The molecule has 3 fully saturated rings. The van der Waals surface area contributed by atoms with Crippen LogP contribution in [0.2, 0.25) is 10.0 Å². The molecule has 1 aromatic carbocycles. The number of likely N-dealkylation sites (tertiary alicyclic amines) is 1. The molecule has 1 aliphatic carbocycles. The van der Waals surface area contributed by atoms with Crippen LogP contribution in [-0.2, 0) is 21.2 Å². The normalized spacial score (nSPS) is 29.4. The first-order chi connectivity index (χ1) is 14.6. The number of aliphatic hydroxyl groups is 1. The molecule has 11 heteroatoms. The van der Waals surface area contributed by atoms with E-state index in [1.165, 1.54) is 6.26 Å². The molecule has 32 heavy (non-hydrogen) atoms. The summed E-state index contributed by atoms with van der Waals surface area (Å²) < 4.78 is 26.6. The van der Waals surface area contributed by atoms with Crippen molar-refractivity contribution >= 4 is 51.5 Å². The SMILES string of the molecule is CS(=O)(=O)N1CCN(C(=O)Cc2ccc(Cl)c(Cl)c2)[C@@H]2[C@@H](N3CC[C@H](O)C3)CCC[C@@H]21.Cl. The molecular formula is C21H30Cl3N3O4S. The summed E-state index contributed by atoms with van der Waals surface area (Å²) in [7, 11) is -3.38. The van der Waals surface area contributed by atoms with Gasteiger partial charge >= 0.3 is 0 Å². The van der Waals surface area contributed by atoms with E-state index >= 15 is 0 Å². The molecule has 1 N–H and O–H groups in total. The number of amides is 1. The standard InChI is InChI=1S/C21H29Cl2N3O4S.ClH/c1-31(29,30)26-10-9-25(20(28)12-14-5-6-16(22)17(23)11-14)21-18(3-2-4-19(21)26)24-8-7-15(27)13-24;/h5-6,11,15,18-19,21,27H,2-4,7-10,12-13H2,1H3;1H/t15-,18-,19-,21+;/m0./s1. The van der Waals surface area contributed by atoms with Crippen LogP contribution in [0.3, 0.4) is 0 Å². The molecule has 1 aromatic rings. The summed E-state index contributed by atoms with van der Waals surface area (Å²) in [6.45, 7) is 2.01. The fraction of sp³-hybridized carbons (Fsp3) is 0.667. The highest BCUT2D eigenvalue weighted by atomic mass is 35.5. The van der Waals surface area contributed by atoms with Crippen molar-refractivity contribution in [1.82, 2.24) is 14.1 Å². The Hall–Kier alpha value is -0.610. The summed E-state index contributed by atoms with van der Waals surface area (Å²) in [5.74, 6) is -0.0341. The number of halogens is 3. The predicted octanol–water partition coefficient (Wildman–Crippen LogP) is 2.42. The minimum atomic E-state index is -3.38. The van der Waals surface area contributed by atoms with Gasteiger partial charge in [0.1, 0.15) is 0 Å². The fourth-order valence-corrected chi connectivity index (χ4v) is 6.94. The molecule has 4 rings (SSSR count). The van der Waals surface area contributed by atoms with Gasteiger partial charge in [0.05, 0.1) is 34.9 Å². The van der Waals surface area contributed by atoms with Crippen molar-refractivity contribution in [2.75, 3.05) is 32.4 Å². The molecule has 4 atom stereocenters. The van der Waals surface area contributed by atoms with E-state index in [1.54, 1.807) is 22.5 Å². The number of hydrogen-bond donors (Lipinski definition) is 1. The van der Waals surface area contributed by atoms with Crippen molar-refractivity contribution < 1.29 is 18.3 Å². The largest absolute Gasteiger partial charge is 0.392 e. The lowest BCUT2D eigenvalue weighted by Crippen LogP contribution is -2.69. The summed E-state index contributed by atoms with van der Waals surface area (Å²) in [6.07, 6.45) is 4.31. The van der Waals surface area contributed by atoms with Crippen LogP contribution in [0.4, 0.5) is 0 Å². The number of β-amino-alcohol motifs (C(OH)–C–C–N with tert-alkyl or cyclic N) is 1. The Morgan fingerprint density at radius 2 is 1.81 bits per heavy atom. The van der Waals surface area contributed by atoms with E-state index in [9.17, 15) is 18.3 Å². The molecule has 0 bridgehead atoms. The number of benzene rings is 1. The Kier molecular flexibility index (Phi) is 8.40. The fourth-order valence-electron chi connectivity index (χ4n) is 5.48. The van der Waals surface area contributed by atoms with Gasteiger partial charge < -0.3 is 10.0 Å². The van der Waals surface area contributed by atoms with Crippen LogP contribution < -0.4 is 0 Å². The van der Waals surface area contributed by atoms with Crippen molar-refractivity contribution in [3.05, 3.63) is 33.8 Å². The number of sulfonamides is 1. The third-order valence-corrected chi connectivity index (χ3v) is 8.87. The summed E-state index contributed by atoms with van der Waals surface area (Å²) in [5.41, 5.74) is 0.783. The third-order valence-electron chi connectivity index (χ3n) is 6.83. The molecule has 0 aromatic heterocycles. The van der Waals surface area contributed by atoms with Gasteiger partial charge in [-0.1, -0.05) is 35.7 Å². The number of piperazine rings is 1. The predicted molar refractivity (Wildman–Crippen MR) is 128 cm³/mol. The molecule has 0 radical (unpaired) electrons. The van der Waals surface area contributed by atoms with Crippen molar-refractivity contribution in [1.29, 1.82) is 0 Å². The Bertz CT molecular complexity index is 948. The van der Waals surface area contributed by atoms with Crippen LogP contribution in [-0.4, -0.2) is 90.2 Å². The number of carbonyl (C=O) groups is 1. The van der Waals surface area contributed by atoms with Crippen LogP contribution in [0.1, 0.15) is 31.2 Å². The van der Waals surface area contributed by atoms with Crippen LogP contribution in [0.5, 0.6) is 0 Å². The summed E-state index contributed by atoms with van der Waals surface area (Å²) in [4.78, 5) is 17.5. The smallest absolute Gasteiger partial charge is 0.227 e. The monoisotopic (exact) mass is 525 g/mol. The number of aliphatic hydroxyl groups excluding tert-OH is 1. The van der Waals surface area contributed by atoms with Gasteiger partial charge in [0.2, 0.25) is 15.9 Å². The summed E-state index contributed by atoms with van der Waals surface area (Å²) in [5, 5.41) is 10.9. The van der Waals surface area contributed by atoms with Crippen molar-refractivity contribution in [3.8, 4) is 0 Å². The number of nitrogens with zero attached hydrogens (tertiary/aromatic N) is 3. The number of carbonyl (C=O) groups excluding carboxylic acids is 1. The van der Waals surface area contributed by atoms with Crippen molar-refractivity contribution in [2.24, 2.45) is 0 Å². The maximum absolute atomic E-state index is 13.4. The summed E-state index contributed by atoms with van der Waals surface area (Å²) in [6, 6.07) is 4.77. The Balaban J connectivity index is 0.00000289. The first-order valence-electron chi connectivity index (χ1n) is 10.8. The quantitative estimate of drug-likeness (QED) is 0.652. The maximum Gasteiger partial charge on any atom is 0.227 e. The first kappa shape index (κ1) is 26.0. The molecule has 1 saturated carbocycles. The average molecular weight is 527 g/mol. The van der Waals surface area contributed by atoms with Gasteiger partial charge in [-0.15, -0.1) is 12.4 Å². The molecular weight excluding hydrogens is 497 g/mol. The van der Waals surface area contributed by atoms with E-state index in [4.69, 9.17) is 23.2 Å². The van der Waals surface area contributed by atoms with E-state index in [1.807, 2.05) is 4.90 Å². The minimum Gasteiger partial charge on any atom is -0.392 e. The lowest BCUT2D eigenvalue weighted by atomic mass is 9.82. The zero-order valence-electron chi connectivity index (χ0n) is 18.0. The van der Waals surface area contributed by atoms with E-state index < -0.39 is 10.0 Å². The molecule has 2 heterocycles. The van der Waals surface area contributed by atoms with Gasteiger partial charge in [0.25, 0.3) is 0 Å². The van der Waals surface area contributed by atoms with E-state index in [0.29, 0.717) is 36.1 Å². The second kappa shape index (κ2) is 10.3. The zero-order valence-corrected chi connectivity index (χ0v) is 21.1. The molecule has 3 aliphatic rings. The topological polar surface area (TPSA) is 81.2 Å². The number of rotatable bonds is 4. The van der Waals surface area contributed by atoms with Crippen LogP contribution in [0.25, 0.3) is 0 Å². The van der Waals surface area contributed by atoms with E-state index in [2.05, 4.69) is 4.90 Å². The molecule has 1 amide bonds. The molecule has 2 saturated heterocycles. The Morgan fingerprint density at radius 1 is 1.09 bits per heavy atom. The molecule has 2 aliphatic heterocycles. The van der Waals surface area contributed by atoms with Gasteiger partial charge in [-0.25, -0.2) is 8.42 Å². The highest BCUT2D eigenvalue weighted by Gasteiger charge is 2.49. The zero-order chi connectivity index (χ0) is 22.3. The van der Waals surface area contributed by atoms with Crippen LogP contribution in [0.15, 0.2) is 18.2 Å². The lowest BCUT2D eigenvalue weighted by molar-refractivity contribution is -0.140. The van der Waals surface area contributed by atoms with E-state index in [-0.39, 0.29) is 49.0 Å². The number of hydrogen-bond acceptors (Lipinski definition) is 5. The highest BCUT2D eigenvalue weighted by Crippen LogP contribution is 2.36. The Morgan fingerprint density at radius 3 is 2.44 bits per heavy atom.